The van der Waals surface area contributed by atoms with Crippen LogP contribution in [0.15, 0.2) is 65.8 Å². The normalized spacial score (nSPS) is 11.2. The Bertz CT molecular complexity index is 814. The molecule has 0 heterocycles. The number of rotatable bonds is 7. The van der Waals surface area contributed by atoms with Crippen molar-refractivity contribution in [2.24, 2.45) is 5.10 Å². The Morgan fingerprint density at radius 1 is 1.08 bits per heavy atom. The molecule has 2 aromatic carbocycles. The van der Waals surface area contributed by atoms with Crippen molar-refractivity contribution in [1.29, 1.82) is 0 Å². The monoisotopic (exact) mass is 351 g/mol. The van der Waals surface area contributed by atoms with Crippen molar-refractivity contribution in [3.05, 3.63) is 71.8 Å². The maximum absolute atomic E-state index is 11.8. The van der Waals surface area contributed by atoms with Crippen LogP contribution in [0.2, 0.25) is 0 Å². The molecule has 0 unspecified atom stereocenters. The predicted octanol–water partition coefficient (Wildman–Crippen LogP) is 2.37. The van der Waals surface area contributed by atoms with Crippen LogP contribution in [-0.2, 0) is 9.59 Å². The molecule has 0 radical (unpaired) electrons. The molecule has 0 aromatic heterocycles. The molecular weight excluding hydrogens is 330 g/mol. The summed E-state index contributed by atoms with van der Waals surface area (Å²) in [5.74, 6) is -0.117. The maximum atomic E-state index is 11.8. The van der Waals surface area contributed by atoms with Crippen LogP contribution in [0.3, 0.4) is 0 Å². The fourth-order valence-electron chi connectivity index (χ4n) is 2.13. The highest BCUT2D eigenvalue weighted by Gasteiger charge is 2.04. The van der Waals surface area contributed by atoms with Gasteiger partial charge in [-0.05, 0) is 24.6 Å². The number of ether oxygens (including phenoxy) is 1. The third kappa shape index (κ3) is 5.90. The number of nitrogens with zero attached hydrogens (tertiary/aromatic N) is 1. The fourth-order valence-corrected chi connectivity index (χ4v) is 2.13. The summed E-state index contributed by atoms with van der Waals surface area (Å²) in [4.78, 5) is 23.6. The number of hydrazone groups is 1. The Labute approximate surface area is 152 Å². The molecule has 0 spiro atoms. The molecule has 0 saturated heterocycles. The van der Waals surface area contributed by atoms with Gasteiger partial charge in [0.1, 0.15) is 5.75 Å². The van der Waals surface area contributed by atoms with E-state index in [-0.39, 0.29) is 12.5 Å². The van der Waals surface area contributed by atoms with Gasteiger partial charge in [-0.3, -0.25) is 9.59 Å². The third-order valence-corrected chi connectivity index (χ3v) is 3.52. The zero-order chi connectivity index (χ0) is 18.8. The molecule has 2 amide bonds. The van der Waals surface area contributed by atoms with Gasteiger partial charge in [-0.15, -0.1) is 0 Å². The molecular formula is C20H21N3O3. The molecule has 0 saturated carbocycles. The molecule has 6 nitrogen and oxygen atoms in total. The Hall–Kier alpha value is -3.41. The molecule has 2 N–H and O–H groups in total. The highest BCUT2D eigenvalue weighted by atomic mass is 16.5. The third-order valence-electron chi connectivity index (χ3n) is 3.52. The van der Waals surface area contributed by atoms with Crippen molar-refractivity contribution in [3.8, 4) is 5.75 Å². The second-order valence-electron chi connectivity index (χ2n) is 5.39. The average Bonchev–Trinajstić information content (AvgIpc) is 2.69. The summed E-state index contributed by atoms with van der Waals surface area (Å²) in [5.41, 5.74) is 4.79. The summed E-state index contributed by atoms with van der Waals surface area (Å²) in [7, 11) is 1.56. The largest absolute Gasteiger partial charge is 0.496 e. The highest BCUT2D eigenvalue weighted by Crippen LogP contribution is 2.18. The summed E-state index contributed by atoms with van der Waals surface area (Å²) in [6.07, 6.45) is 2.98. The lowest BCUT2D eigenvalue weighted by molar-refractivity contribution is -0.123. The van der Waals surface area contributed by atoms with Crippen LogP contribution in [0.4, 0.5) is 0 Å². The van der Waals surface area contributed by atoms with E-state index >= 15 is 0 Å². The first-order valence-electron chi connectivity index (χ1n) is 8.07. The van der Waals surface area contributed by atoms with Crippen molar-refractivity contribution >= 4 is 23.6 Å². The summed E-state index contributed by atoms with van der Waals surface area (Å²) >= 11 is 0. The van der Waals surface area contributed by atoms with Gasteiger partial charge in [0.15, 0.2) is 0 Å². The highest BCUT2D eigenvalue weighted by molar-refractivity contribution is 5.99. The molecule has 0 aliphatic carbocycles. The Morgan fingerprint density at radius 2 is 1.77 bits per heavy atom. The lowest BCUT2D eigenvalue weighted by Crippen LogP contribution is -2.34. The number of hydrogen-bond donors (Lipinski definition) is 2. The maximum Gasteiger partial charge on any atom is 0.259 e. The molecule has 2 rings (SSSR count). The van der Waals surface area contributed by atoms with Crippen LogP contribution in [0.5, 0.6) is 5.75 Å². The van der Waals surface area contributed by atoms with E-state index in [4.69, 9.17) is 4.74 Å². The summed E-state index contributed by atoms with van der Waals surface area (Å²) < 4.78 is 5.20. The second kappa shape index (κ2) is 9.78. The number of carbonyl (C=O) groups is 2. The topological polar surface area (TPSA) is 79.8 Å². The van der Waals surface area contributed by atoms with Gasteiger partial charge < -0.3 is 10.1 Å². The minimum Gasteiger partial charge on any atom is -0.496 e. The van der Waals surface area contributed by atoms with E-state index < -0.39 is 5.91 Å². The smallest absolute Gasteiger partial charge is 0.259 e. The standard InChI is InChI=1S/C20H21N3O3/c1-15(16-8-4-3-5-9-16)22-23-20(25)14-21-19(24)13-12-17-10-6-7-11-18(17)26-2/h3-13H,14H2,1-2H3,(H,21,24)(H,23,25)/b13-12+,22-15-. The lowest BCUT2D eigenvalue weighted by atomic mass is 10.1. The molecule has 2 aromatic rings. The molecule has 0 aliphatic rings. The number of para-hydroxylation sites is 1. The van der Waals surface area contributed by atoms with E-state index in [1.165, 1.54) is 6.08 Å². The number of carbonyl (C=O) groups excluding carboxylic acids is 2. The van der Waals surface area contributed by atoms with Crippen LogP contribution in [0.1, 0.15) is 18.1 Å². The zero-order valence-corrected chi connectivity index (χ0v) is 14.7. The SMILES string of the molecule is COc1ccccc1/C=C/C(=O)NCC(=O)N/N=C(/C)c1ccccc1. The molecule has 134 valence electrons. The average molecular weight is 351 g/mol. The van der Waals surface area contributed by atoms with Crippen LogP contribution in [-0.4, -0.2) is 31.2 Å². The number of methoxy groups -OCH3 is 1. The minimum absolute atomic E-state index is 0.166. The molecule has 0 fully saturated rings. The van der Waals surface area contributed by atoms with Crippen LogP contribution in [0, 0.1) is 0 Å². The van der Waals surface area contributed by atoms with Crippen LogP contribution in [0.25, 0.3) is 6.08 Å². The van der Waals surface area contributed by atoms with Gasteiger partial charge in [0.05, 0.1) is 19.4 Å². The summed E-state index contributed by atoms with van der Waals surface area (Å²) in [6.45, 7) is 1.63. The number of benzene rings is 2. The molecule has 6 heteroatoms. The Kier molecular flexibility index (Phi) is 7.12. The van der Waals surface area contributed by atoms with Crippen LogP contribution >= 0.6 is 0 Å². The lowest BCUT2D eigenvalue weighted by Gasteiger charge is -2.04. The van der Waals surface area contributed by atoms with Crippen molar-refractivity contribution in [2.45, 2.75) is 6.92 Å². The van der Waals surface area contributed by atoms with E-state index in [1.807, 2.05) is 48.5 Å². The first-order chi connectivity index (χ1) is 12.6. The van der Waals surface area contributed by atoms with Crippen molar-refractivity contribution in [2.75, 3.05) is 13.7 Å². The van der Waals surface area contributed by atoms with Gasteiger partial charge in [-0.25, -0.2) is 5.43 Å². The van der Waals surface area contributed by atoms with E-state index in [1.54, 1.807) is 26.2 Å². The van der Waals surface area contributed by atoms with Gasteiger partial charge in [-0.2, -0.15) is 5.10 Å². The van der Waals surface area contributed by atoms with Gasteiger partial charge in [-0.1, -0.05) is 48.5 Å². The van der Waals surface area contributed by atoms with Crippen molar-refractivity contribution in [1.82, 2.24) is 10.7 Å². The van der Waals surface area contributed by atoms with E-state index in [0.717, 1.165) is 11.1 Å². The van der Waals surface area contributed by atoms with E-state index in [9.17, 15) is 9.59 Å². The summed E-state index contributed by atoms with van der Waals surface area (Å²) in [6, 6.07) is 16.8. The second-order valence-corrected chi connectivity index (χ2v) is 5.39. The number of hydrogen-bond acceptors (Lipinski definition) is 4. The molecule has 0 atom stereocenters. The summed E-state index contributed by atoms with van der Waals surface area (Å²) in [5, 5.41) is 6.53. The fraction of sp³-hybridized carbons (Fsp3) is 0.150. The van der Waals surface area contributed by atoms with Crippen molar-refractivity contribution in [3.63, 3.8) is 0 Å². The molecule has 26 heavy (non-hydrogen) atoms. The first kappa shape index (κ1) is 18.9. The minimum atomic E-state index is -0.403. The van der Waals surface area contributed by atoms with E-state index in [0.29, 0.717) is 11.5 Å². The Balaban J connectivity index is 1.81. The Morgan fingerprint density at radius 3 is 2.50 bits per heavy atom. The number of amides is 2. The van der Waals surface area contributed by atoms with Gasteiger partial charge in [0.25, 0.3) is 5.91 Å². The van der Waals surface area contributed by atoms with Gasteiger partial charge in [0, 0.05) is 11.6 Å². The quantitative estimate of drug-likeness (QED) is 0.457. The van der Waals surface area contributed by atoms with Gasteiger partial charge in [0.2, 0.25) is 5.91 Å². The van der Waals surface area contributed by atoms with Gasteiger partial charge >= 0.3 is 0 Å². The first-order valence-corrected chi connectivity index (χ1v) is 8.07. The zero-order valence-electron chi connectivity index (χ0n) is 14.7. The molecule has 0 bridgehead atoms. The predicted molar refractivity (Wildman–Crippen MR) is 102 cm³/mol. The van der Waals surface area contributed by atoms with Crippen molar-refractivity contribution < 1.29 is 14.3 Å². The van der Waals surface area contributed by atoms with E-state index in [2.05, 4.69) is 15.8 Å². The molecule has 0 aliphatic heterocycles. The number of nitrogens with one attached hydrogen (secondary N) is 2. The van der Waals surface area contributed by atoms with Crippen LogP contribution < -0.4 is 15.5 Å².